The third-order valence-electron chi connectivity index (χ3n) is 2.53. The normalized spacial score (nSPS) is 15.1. The molecule has 0 aromatic heterocycles. The van der Waals surface area contributed by atoms with Gasteiger partial charge in [-0.3, -0.25) is 9.52 Å². The number of nitrogens with one attached hydrogen (secondary N) is 2. The van der Waals surface area contributed by atoms with Gasteiger partial charge in [-0.1, -0.05) is 12.1 Å². The van der Waals surface area contributed by atoms with Crippen LogP contribution >= 0.6 is 0 Å². The molecule has 0 aliphatic carbocycles. The van der Waals surface area contributed by atoms with Crippen LogP contribution < -0.4 is 15.8 Å². The lowest BCUT2D eigenvalue weighted by molar-refractivity contribution is -0.184. The zero-order valence-corrected chi connectivity index (χ0v) is 12.0. The van der Waals surface area contributed by atoms with E-state index in [1.54, 1.807) is 0 Å². The molecule has 10 heteroatoms. The van der Waals surface area contributed by atoms with E-state index in [0.29, 0.717) is 6.92 Å². The van der Waals surface area contributed by atoms with Crippen LogP contribution in [-0.2, 0) is 14.8 Å². The maximum Gasteiger partial charge on any atom is 0.415 e. The van der Waals surface area contributed by atoms with Crippen molar-refractivity contribution >= 4 is 27.3 Å². The number of nitrogens with two attached hydrogens (primary N) is 1. The van der Waals surface area contributed by atoms with Gasteiger partial charge in [0.2, 0.25) is 10.0 Å². The van der Waals surface area contributed by atoms with Crippen LogP contribution in [0.15, 0.2) is 24.3 Å². The van der Waals surface area contributed by atoms with Crippen molar-refractivity contribution in [3.63, 3.8) is 0 Å². The number of hydrogen-bond donors (Lipinski definition) is 3. The summed E-state index contributed by atoms with van der Waals surface area (Å²) in [7, 11) is -3.65. The van der Waals surface area contributed by atoms with Crippen molar-refractivity contribution in [2.45, 2.75) is 18.6 Å². The molecule has 1 atom stereocenters. The number of carbonyl (C=O) groups is 1. The second-order valence-electron chi connectivity index (χ2n) is 4.57. The predicted octanol–water partition coefficient (Wildman–Crippen LogP) is 1.28. The van der Waals surface area contributed by atoms with Gasteiger partial charge in [0.25, 0.3) is 5.91 Å². The first-order chi connectivity index (χ1) is 9.34. The molecule has 1 rings (SSSR count). The molecule has 0 heterocycles. The van der Waals surface area contributed by atoms with Crippen LogP contribution in [0.25, 0.3) is 0 Å². The van der Waals surface area contributed by atoms with Crippen molar-refractivity contribution in [3.05, 3.63) is 24.3 Å². The van der Waals surface area contributed by atoms with E-state index in [4.69, 9.17) is 5.73 Å². The van der Waals surface area contributed by atoms with Crippen LogP contribution in [0.3, 0.4) is 0 Å². The topological polar surface area (TPSA) is 101 Å². The minimum atomic E-state index is -4.95. The van der Waals surface area contributed by atoms with Crippen LogP contribution in [0.2, 0.25) is 0 Å². The van der Waals surface area contributed by atoms with Crippen LogP contribution in [0.4, 0.5) is 24.5 Å². The number of sulfonamides is 1. The van der Waals surface area contributed by atoms with E-state index < -0.39 is 27.6 Å². The second-order valence-corrected chi connectivity index (χ2v) is 6.32. The third-order valence-corrected chi connectivity index (χ3v) is 3.12. The number of para-hydroxylation sites is 2. The van der Waals surface area contributed by atoms with Crippen molar-refractivity contribution in [2.24, 2.45) is 5.73 Å². The van der Waals surface area contributed by atoms with Crippen LogP contribution in [0, 0.1) is 0 Å². The molecular formula is C11H14F3N3O3S. The molecule has 1 amide bonds. The summed E-state index contributed by atoms with van der Waals surface area (Å²) in [4.78, 5) is 11.7. The van der Waals surface area contributed by atoms with Gasteiger partial charge in [0, 0.05) is 0 Å². The van der Waals surface area contributed by atoms with Gasteiger partial charge >= 0.3 is 6.18 Å². The molecule has 0 aliphatic heterocycles. The summed E-state index contributed by atoms with van der Waals surface area (Å²) in [5.74, 6) is -1.50. The lowest BCUT2D eigenvalue weighted by Gasteiger charge is -2.26. The van der Waals surface area contributed by atoms with Crippen molar-refractivity contribution in [2.75, 3.05) is 16.3 Å². The lowest BCUT2D eigenvalue weighted by Crippen LogP contribution is -2.59. The Morgan fingerprint density at radius 2 is 1.67 bits per heavy atom. The Balaban J connectivity index is 3.07. The summed E-state index contributed by atoms with van der Waals surface area (Å²) < 4.78 is 62.4. The van der Waals surface area contributed by atoms with E-state index in [0.717, 1.165) is 6.26 Å². The van der Waals surface area contributed by atoms with Gasteiger partial charge in [0.1, 0.15) is 0 Å². The van der Waals surface area contributed by atoms with Gasteiger partial charge in [-0.25, -0.2) is 8.42 Å². The Morgan fingerprint density at radius 1 is 1.19 bits per heavy atom. The summed E-state index contributed by atoms with van der Waals surface area (Å²) in [5, 5.41) is 1.97. The predicted molar refractivity (Wildman–Crippen MR) is 72.2 cm³/mol. The van der Waals surface area contributed by atoms with E-state index in [1.165, 1.54) is 24.3 Å². The Labute approximate surface area is 119 Å². The molecule has 1 unspecified atom stereocenters. The van der Waals surface area contributed by atoms with E-state index in [1.807, 2.05) is 5.32 Å². The van der Waals surface area contributed by atoms with Gasteiger partial charge in [-0.2, -0.15) is 13.2 Å². The summed E-state index contributed by atoms with van der Waals surface area (Å²) in [5.41, 5.74) is 1.69. The van der Waals surface area contributed by atoms with Crippen molar-refractivity contribution in [1.29, 1.82) is 0 Å². The molecule has 21 heavy (non-hydrogen) atoms. The number of alkyl halides is 3. The van der Waals surface area contributed by atoms with Gasteiger partial charge in [0.15, 0.2) is 5.54 Å². The van der Waals surface area contributed by atoms with E-state index >= 15 is 0 Å². The van der Waals surface area contributed by atoms with Crippen LogP contribution in [0.5, 0.6) is 0 Å². The highest BCUT2D eigenvalue weighted by Gasteiger charge is 2.54. The monoisotopic (exact) mass is 325 g/mol. The van der Waals surface area contributed by atoms with E-state index in [-0.39, 0.29) is 11.4 Å². The molecule has 0 aliphatic rings. The first kappa shape index (κ1) is 17.2. The summed E-state index contributed by atoms with van der Waals surface area (Å²) in [6.45, 7) is 0.523. The van der Waals surface area contributed by atoms with Gasteiger partial charge in [-0.05, 0) is 19.1 Å². The Kier molecular flexibility index (Phi) is 4.54. The fraction of sp³-hybridized carbons (Fsp3) is 0.364. The molecule has 0 fully saturated rings. The maximum absolute atomic E-state index is 12.7. The molecular weight excluding hydrogens is 311 g/mol. The standard InChI is InChI=1S/C11H14F3N3O3S/c1-10(15,11(12,13)14)9(18)16-7-5-3-4-6-8(7)17-21(2,19)20/h3-6,17H,15H2,1-2H3,(H,16,18). The molecule has 0 saturated heterocycles. The second kappa shape index (κ2) is 5.53. The minimum Gasteiger partial charge on any atom is -0.322 e. The fourth-order valence-electron chi connectivity index (χ4n) is 1.26. The molecule has 0 bridgehead atoms. The number of halogens is 3. The molecule has 0 saturated carbocycles. The highest BCUT2D eigenvalue weighted by atomic mass is 32.2. The number of carbonyl (C=O) groups excluding carboxylic acids is 1. The molecule has 118 valence electrons. The zero-order chi connectivity index (χ0) is 16.5. The lowest BCUT2D eigenvalue weighted by atomic mass is 10.0. The van der Waals surface area contributed by atoms with Crippen LogP contribution in [0.1, 0.15) is 6.92 Å². The largest absolute Gasteiger partial charge is 0.415 e. The third kappa shape index (κ3) is 4.33. The van der Waals surface area contributed by atoms with E-state index in [2.05, 4.69) is 4.72 Å². The number of anilines is 2. The fourth-order valence-corrected chi connectivity index (χ4v) is 1.84. The summed E-state index contributed by atoms with van der Waals surface area (Å²) in [6.07, 6.45) is -4.08. The molecule has 1 aromatic rings. The Bertz CT molecular complexity index is 642. The van der Waals surface area contributed by atoms with Gasteiger partial charge in [-0.15, -0.1) is 0 Å². The van der Waals surface area contributed by atoms with Crippen molar-refractivity contribution in [3.8, 4) is 0 Å². The summed E-state index contributed by atoms with van der Waals surface area (Å²) in [6, 6.07) is 5.41. The van der Waals surface area contributed by atoms with Gasteiger partial charge < -0.3 is 11.1 Å². The highest BCUT2D eigenvalue weighted by molar-refractivity contribution is 7.92. The Hall–Kier alpha value is -1.81. The molecule has 0 spiro atoms. The van der Waals surface area contributed by atoms with Crippen molar-refractivity contribution in [1.82, 2.24) is 0 Å². The quantitative estimate of drug-likeness (QED) is 0.776. The minimum absolute atomic E-state index is 0.0636. The molecule has 4 N–H and O–H groups in total. The molecule has 6 nitrogen and oxygen atoms in total. The maximum atomic E-state index is 12.7. The number of amides is 1. The zero-order valence-electron chi connectivity index (χ0n) is 11.2. The summed E-state index contributed by atoms with van der Waals surface area (Å²) >= 11 is 0. The number of benzene rings is 1. The number of hydrogen-bond acceptors (Lipinski definition) is 4. The first-order valence-electron chi connectivity index (χ1n) is 5.58. The average Bonchev–Trinajstić information content (AvgIpc) is 2.28. The number of rotatable bonds is 4. The first-order valence-corrected chi connectivity index (χ1v) is 7.47. The van der Waals surface area contributed by atoms with Crippen LogP contribution in [-0.4, -0.2) is 32.3 Å². The highest BCUT2D eigenvalue weighted by Crippen LogP contribution is 2.30. The molecule has 1 aromatic carbocycles. The van der Waals surface area contributed by atoms with Crippen molar-refractivity contribution < 1.29 is 26.4 Å². The Morgan fingerprint density at radius 3 is 2.10 bits per heavy atom. The smallest absolute Gasteiger partial charge is 0.322 e. The molecule has 0 radical (unpaired) electrons. The van der Waals surface area contributed by atoms with E-state index in [9.17, 15) is 26.4 Å². The average molecular weight is 325 g/mol. The van der Waals surface area contributed by atoms with Gasteiger partial charge in [0.05, 0.1) is 17.6 Å². The SMILES string of the molecule is CC(N)(C(=O)Nc1ccccc1NS(C)(=O)=O)C(F)(F)F.